The fourth-order valence-corrected chi connectivity index (χ4v) is 3.06. The summed E-state index contributed by atoms with van der Waals surface area (Å²) >= 11 is 0. The number of rotatable bonds is 8. The first-order valence-corrected chi connectivity index (χ1v) is 9.36. The molecule has 0 atom stereocenters. The number of carbonyl (C=O) groups is 2. The van der Waals surface area contributed by atoms with Gasteiger partial charge in [0.1, 0.15) is 0 Å². The van der Waals surface area contributed by atoms with Crippen LogP contribution in [0.5, 0.6) is 0 Å². The zero-order chi connectivity index (χ0) is 18.8. The summed E-state index contributed by atoms with van der Waals surface area (Å²) in [6, 6.07) is 5.26. The molecule has 0 spiro atoms. The van der Waals surface area contributed by atoms with Crippen LogP contribution in [0.25, 0.3) is 0 Å². The predicted molar refractivity (Wildman–Crippen MR) is 104 cm³/mol. The van der Waals surface area contributed by atoms with Crippen LogP contribution in [0.15, 0.2) is 18.2 Å². The highest BCUT2D eigenvalue weighted by molar-refractivity contribution is 6.02. The Balaban J connectivity index is 2.17. The summed E-state index contributed by atoms with van der Waals surface area (Å²) in [4.78, 5) is 26.8. The Morgan fingerprint density at radius 2 is 1.92 bits per heavy atom. The molecule has 1 fully saturated rings. The van der Waals surface area contributed by atoms with Crippen LogP contribution in [0, 0.1) is 0 Å². The van der Waals surface area contributed by atoms with Gasteiger partial charge in [0.25, 0.3) is 5.91 Å². The van der Waals surface area contributed by atoms with Gasteiger partial charge in [-0.2, -0.15) is 0 Å². The first-order valence-electron chi connectivity index (χ1n) is 9.36. The third kappa shape index (κ3) is 5.91. The van der Waals surface area contributed by atoms with Gasteiger partial charge < -0.3 is 25.6 Å². The Kier molecular flexibility index (Phi) is 8.21. The number of ether oxygens (including phenoxy) is 1. The fourth-order valence-electron chi connectivity index (χ4n) is 3.06. The van der Waals surface area contributed by atoms with E-state index >= 15 is 0 Å². The van der Waals surface area contributed by atoms with Crippen LogP contribution in [-0.4, -0.2) is 51.8 Å². The van der Waals surface area contributed by atoms with E-state index in [1.54, 1.807) is 13.2 Å². The van der Waals surface area contributed by atoms with Gasteiger partial charge in [-0.3, -0.25) is 4.79 Å². The van der Waals surface area contributed by atoms with E-state index in [-0.39, 0.29) is 11.9 Å². The highest BCUT2D eigenvalue weighted by Crippen LogP contribution is 2.27. The van der Waals surface area contributed by atoms with E-state index in [0.717, 1.165) is 38.0 Å². The summed E-state index contributed by atoms with van der Waals surface area (Å²) in [7, 11) is 1.65. The molecule has 2 rings (SSSR count). The molecule has 7 heteroatoms. The monoisotopic (exact) mass is 362 g/mol. The Labute approximate surface area is 155 Å². The van der Waals surface area contributed by atoms with E-state index < -0.39 is 0 Å². The molecule has 0 radical (unpaired) electrons. The zero-order valence-corrected chi connectivity index (χ0v) is 15.8. The number of nitrogens with zero attached hydrogens (tertiary/aromatic N) is 1. The van der Waals surface area contributed by atoms with Crippen molar-refractivity contribution >= 4 is 23.3 Å². The number of methoxy groups -OCH3 is 1. The van der Waals surface area contributed by atoms with E-state index in [2.05, 4.69) is 20.9 Å². The number of hydrogen-bond donors (Lipinski definition) is 3. The molecule has 3 amide bonds. The summed E-state index contributed by atoms with van der Waals surface area (Å²) in [5, 5.41) is 8.42. The lowest BCUT2D eigenvalue weighted by Gasteiger charge is -2.30. The molecule has 3 N–H and O–H groups in total. The van der Waals surface area contributed by atoms with Gasteiger partial charge in [-0.15, -0.1) is 0 Å². The Hall–Kier alpha value is -2.28. The summed E-state index contributed by atoms with van der Waals surface area (Å²) in [6.45, 7) is 5.47. The second-order valence-corrected chi connectivity index (χ2v) is 6.37. The molecular formula is C19H30N4O3. The van der Waals surface area contributed by atoms with Crippen molar-refractivity contribution < 1.29 is 14.3 Å². The number of anilines is 2. The number of carbonyl (C=O) groups excluding carboxylic acids is 2. The molecular weight excluding hydrogens is 332 g/mol. The molecule has 1 aromatic rings. The van der Waals surface area contributed by atoms with Crippen LogP contribution in [0.2, 0.25) is 0 Å². The molecule has 1 aliphatic rings. The Morgan fingerprint density at radius 1 is 1.15 bits per heavy atom. The number of benzene rings is 1. The Bertz CT molecular complexity index is 600. The van der Waals surface area contributed by atoms with E-state index in [0.29, 0.717) is 30.9 Å². The second kappa shape index (κ2) is 10.7. The van der Waals surface area contributed by atoms with Crippen LogP contribution in [-0.2, 0) is 4.74 Å². The third-order valence-corrected chi connectivity index (χ3v) is 4.34. The number of amides is 3. The van der Waals surface area contributed by atoms with Crippen LogP contribution >= 0.6 is 0 Å². The molecule has 0 bridgehead atoms. The second-order valence-electron chi connectivity index (χ2n) is 6.37. The fraction of sp³-hybridized carbons (Fsp3) is 0.579. The van der Waals surface area contributed by atoms with Gasteiger partial charge in [-0.1, -0.05) is 0 Å². The van der Waals surface area contributed by atoms with E-state index in [1.807, 2.05) is 19.1 Å². The summed E-state index contributed by atoms with van der Waals surface area (Å²) < 4.78 is 5.02. The van der Waals surface area contributed by atoms with Crippen LogP contribution in [0.1, 0.15) is 43.0 Å². The van der Waals surface area contributed by atoms with Crippen LogP contribution in [0.4, 0.5) is 16.2 Å². The molecule has 0 unspecified atom stereocenters. The standard InChI is InChI=1S/C19H30N4O3/c1-3-20-19(25)22-15-8-9-17(23-11-5-4-6-12-23)16(14-15)18(24)21-10-7-13-26-2/h8-9,14H,3-7,10-13H2,1-2H3,(H,21,24)(H2,20,22,25). The number of piperidine rings is 1. The average molecular weight is 362 g/mol. The molecule has 0 aromatic heterocycles. The summed E-state index contributed by atoms with van der Waals surface area (Å²) in [5.41, 5.74) is 2.13. The zero-order valence-electron chi connectivity index (χ0n) is 15.8. The molecule has 1 saturated heterocycles. The normalized spacial score (nSPS) is 14.0. The van der Waals surface area contributed by atoms with Crippen LogP contribution < -0.4 is 20.9 Å². The third-order valence-electron chi connectivity index (χ3n) is 4.34. The van der Waals surface area contributed by atoms with Crippen molar-refractivity contribution in [2.75, 3.05) is 50.1 Å². The lowest BCUT2D eigenvalue weighted by Crippen LogP contribution is -2.33. The van der Waals surface area contributed by atoms with Gasteiger partial charge in [0.15, 0.2) is 0 Å². The maximum atomic E-state index is 12.7. The summed E-state index contributed by atoms with van der Waals surface area (Å²) in [5.74, 6) is -0.124. The van der Waals surface area contributed by atoms with Gasteiger partial charge >= 0.3 is 6.03 Å². The van der Waals surface area contributed by atoms with E-state index in [4.69, 9.17) is 4.74 Å². The maximum Gasteiger partial charge on any atom is 0.319 e. The molecule has 144 valence electrons. The molecule has 7 nitrogen and oxygen atoms in total. The average Bonchev–Trinajstić information content (AvgIpc) is 2.66. The first-order chi connectivity index (χ1) is 12.7. The minimum atomic E-state index is -0.273. The smallest absolute Gasteiger partial charge is 0.319 e. The van der Waals surface area contributed by atoms with Gasteiger partial charge in [0.2, 0.25) is 0 Å². The highest BCUT2D eigenvalue weighted by Gasteiger charge is 2.19. The topological polar surface area (TPSA) is 82.7 Å². The number of nitrogens with one attached hydrogen (secondary N) is 3. The van der Waals surface area contributed by atoms with E-state index in [9.17, 15) is 9.59 Å². The highest BCUT2D eigenvalue weighted by atomic mass is 16.5. The van der Waals surface area contributed by atoms with Gasteiger partial charge in [-0.25, -0.2) is 4.79 Å². The summed E-state index contributed by atoms with van der Waals surface area (Å²) in [6.07, 6.45) is 4.26. The van der Waals surface area contributed by atoms with Crippen molar-refractivity contribution in [1.29, 1.82) is 0 Å². The van der Waals surface area contributed by atoms with Crippen molar-refractivity contribution in [2.24, 2.45) is 0 Å². The number of urea groups is 1. The molecule has 1 heterocycles. The molecule has 26 heavy (non-hydrogen) atoms. The van der Waals surface area contributed by atoms with Crippen molar-refractivity contribution in [3.63, 3.8) is 0 Å². The van der Waals surface area contributed by atoms with Crippen molar-refractivity contribution in [2.45, 2.75) is 32.6 Å². The Morgan fingerprint density at radius 3 is 2.62 bits per heavy atom. The maximum absolute atomic E-state index is 12.7. The predicted octanol–water partition coefficient (Wildman–Crippen LogP) is 2.58. The minimum absolute atomic E-state index is 0.124. The van der Waals surface area contributed by atoms with Gasteiger partial charge in [-0.05, 0) is 50.8 Å². The number of hydrogen-bond acceptors (Lipinski definition) is 4. The molecule has 0 aliphatic carbocycles. The lowest BCUT2D eigenvalue weighted by atomic mass is 10.1. The van der Waals surface area contributed by atoms with Crippen molar-refractivity contribution in [3.05, 3.63) is 23.8 Å². The largest absolute Gasteiger partial charge is 0.385 e. The van der Waals surface area contributed by atoms with E-state index in [1.165, 1.54) is 6.42 Å². The van der Waals surface area contributed by atoms with Crippen molar-refractivity contribution in [3.8, 4) is 0 Å². The quantitative estimate of drug-likeness (QED) is 0.621. The van der Waals surface area contributed by atoms with Gasteiger partial charge in [0.05, 0.1) is 5.56 Å². The first kappa shape index (κ1) is 20.0. The van der Waals surface area contributed by atoms with Crippen LogP contribution in [0.3, 0.4) is 0 Å². The minimum Gasteiger partial charge on any atom is -0.385 e. The lowest BCUT2D eigenvalue weighted by molar-refractivity contribution is 0.0949. The molecule has 1 aromatic carbocycles. The van der Waals surface area contributed by atoms with Crippen molar-refractivity contribution in [1.82, 2.24) is 10.6 Å². The SMILES string of the molecule is CCNC(=O)Nc1ccc(N2CCCCC2)c(C(=O)NCCCOC)c1. The molecule has 1 aliphatic heterocycles. The van der Waals surface area contributed by atoms with Gasteiger partial charge in [0, 0.05) is 51.3 Å². The molecule has 0 saturated carbocycles.